The molecule has 0 aromatic heterocycles. The average Bonchev–Trinajstić information content (AvgIpc) is 2.77. The molecule has 0 amide bonds. The Bertz CT molecular complexity index is 465. The van der Waals surface area contributed by atoms with Gasteiger partial charge in [0.05, 0.1) is 19.8 Å². The van der Waals surface area contributed by atoms with Crippen LogP contribution in [0.3, 0.4) is 0 Å². The summed E-state index contributed by atoms with van der Waals surface area (Å²) in [4.78, 5) is 31.9. The molecule has 11 heteroatoms. The van der Waals surface area contributed by atoms with Gasteiger partial charge in [-0.25, -0.2) is 0 Å². The normalized spacial score (nSPS) is 11.1. The van der Waals surface area contributed by atoms with Crippen molar-refractivity contribution in [1.29, 1.82) is 0 Å². The van der Waals surface area contributed by atoms with Crippen LogP contribution in [0.2, 0.25) is 0 Å². The van der Waals surface area contributed by atoms with Gasteiger partial charge in [0.2, 0.25) is 0 Å². The van der Waals surface area contributed by atoms with Crippen molar-refractivity contribution in [2.45, 2.75) is 90.0 Å². The van der Waals surface area contributed by atoms with Gasteiger partial charge >= 0.3 is 17.9 Å². The van der Waals surface area contributed by atoms with Crippen molar-refractivity contribution in [3.8, 4) is 0 Å². The van der Waals surface area contributed by atoms with Crippen LogP contribution in [0.1, 0.15) is 84.0 Å². The number of hydrogen-bond acceptors (Lipinski definition) is 8. The molecule has 0 aliphatic carbocycles. The molecule has 8 N–H and O–H groups in total. The minimum Gasteiger partial charge on any atom is -0.481 e. The zero-order chi connectivity index (χ0) is 26.6. The summed E-state index contributed by atoms with van der Waals surface area (Å²) in [5, 5.41) is 50.1. The zero-order valence-electron chi connectivity index (χ0n) is 20.7. The highest BCUT2D eigenvalue weighted by Gasteiger charge is 2.12. The summed E-state index contributed by atoms with van der Waals surface area (Å²) >= 11 is 0. The van der Waals surface area contributed by atoms with Crippen LogP contribution in [0.4, 0.5) is 0 Å². The molecule has 0 saturated carbocycles. The minimum absolute atomic E-state index is 0.0231. The third kappa shape index (κ3) is 34.8. The van der Waals surface area contributed by atoms with Gasteiger partial charge in [-0.05, 0) is 12.8 Å². The zero-order valence-corrected chi connectivity index (χ0v) is 20.7. The SMILES string of the molecule is CCCCCCCCCCCC(=O)O.N[C@@H](CCC(=O)O)C(=O)O.OCCN(CCO)CCO. The molecule has 1 atom stereocenters. The molecule has 0 aromatic carbocycles. The number of aliphatic hydroxyl groups is 3. The monoisotopic (exact) mass is 496 g/mol. The number of carbonyl (C=O) groups is 3. The van der Waals surface area contributed by atoms with E-state index in [0.29, 0.717) is 26.1 Å². The minimum atomic E-state index is -1.17. The van der Waals surface area contributed by atoms with Crippen LogP contribution in [0, 0.1) is 0 Å². The number of nitrogens with zero attached hydrogens (tertiary/aromatic N) is 1. The van der Waals surface area contributed by atoms with Gasteiger partial charge in [0.25, 0.3) is 0 Å². The first-order valence-corrected chi connectivity index (χ1v) is 12.1. The van der Waals surface area contributed by atoms with Gasteiger partial charge in [-0.15, -0.1) is 0 Å². The summed E-state index contributed by atoms with van der Waals surface area (Å²) in [5.41, 5.74) is 5.00. The van der Waals surface area contributed by atoms with Gasteiger partial charge in [-0.3, -0.25) is 19.3 Å². The van der Waals surface area contributed by atoms with Crippen molar-refractivity contribution >= 4 is 17.9 Å². The summed E-state index contributed by atoms with van der Waals surface area (Å²) in [6, 6.07) is -1.06. The summed E-state index contributed by atoms with van der Waals surface area (Å²) in [7, 11) is 0. The summed E-state index contributed by atoms with van der Waals surface area (Å²) in [6.07, 6.45) is 11.3. The standard InChI is InChI=1S/C12H24O2.C6H15NO3.C5H9NO4/c1-2-3-4-5-6-7-8-9-10-11-12(13)14;8-4-1-7(2-5-9)3-6-10;6-3(5(9)10)1-2-4(7)8/h2-11H2,1H3,(H,13,14);8-10H,1-6H2;3H,1-2,6H2,(H,7,8)(H,9,10)/t;;3-/m..0/s1. The van der Waals surface area contributed by atoms with E-state index in [4.69, 9.17) is 36.4 Å². The van der Waals surface area contributed by atoms with E-state index in [-0.39, 0.29) is 32.7 Å². The van der Waals surface area contributed by atoms with Gasteiger partial charge in [0.1, 0.15) is 6.04 Å². The van der Waals surface area contributed by atoms with E-state index in [9.17, 15) is 14.4 Å². The van der Waals surface area contributed by atoms with Gasteiger partial charge in [0.15, 0.2) is 0 Å². The predicted molar refractivity (Wildman–Crippen MR) is 130 cm³/mol. The summed E-state index contributed by atoms with van der Waals surface area (Å²) < 4.78 is 0. The molecule has 11 nitrogen and oxygen atoms in total. The van der Waals surface area contributed by atoms with Gasteiger partial charge in [-0.2, -0.15) is 0 Å². The van der Waals surface area contributed by atoms with Crippen LogP contribution in [0.15, 0.2) is 0 Å². The lowest BCUT2D eigenvalue weighted by Gasteiger charge is -2.17. The maximum atomic E-state index is 10.2. The van der Waals surface area contributed by atoms with E-state index in [0.717, 1.165) is 12.8 Å². The van der Waals surface area contributed by atoms with Crippen molar-refractivity contribution in [2.75, 3.05) is 39.5 Å². The van der Waals surface area contributed by atoms with E-state index >= 15 is 0 Å². The average molecular weight is 497 g/mol. The number of carboxylic acid groups (broad SMARTS) is 3. The Labute approximate surface area is 203 Å². The highest BCUT2D eigenvalue weighted by molar-refractivity contribution is 5.74. The fourth-order valence-corrected chi connectivity index (χ4v) is 2.75. The van der Waals surface area contributed by atoms with Crippen molar-refractivity contribution in [1.82, 2.24) is 4.90 Å². The Kier molecular flexibility index (Phi) is 31.6. The number of unbranched alkanes of at least 4 members (excludes halogenated alkanes) is 8. The number of aliphatic carboxylic acids is 3. The molecule has 0 heterocycles. The quantitative estimate of drug-likeness (QED) is 0.120. The second-order valence-corrected chi connectivity index (χ2v) is 7.86. The summed E-state index contributed by atoms with van der Waals surface area (Å²) in [5.74, 6) is -2.86. The molecule has 0 bridgehead atoms. The smallest absolute Gasteiger partial charge is 0.320 e. The van der Waals surface area contributed by atoms with E-state index in [1.807, 2.05) is 0 Å². The fraction of sp³-hybridized carbons (Fsp3) is 0.870. The molecule has 0 unspecified atom stereocenters. The van der Waals surface area contributed by atoms with E-state index < -0.39 is 23.9 Å². The molecule has 204 valence electrons. The Balaban J connectivity index is -0.000000434. The Morgan fingerprint density at radius 3 is 1.38 bits per heavy atom. The molecule has 34 heavy (non-hydrogen) atoms. The Hall–Kier alpha value is -1.79. The lowest BCUT2D eigenvalue weighted by Crippen LogP contribution is -2.32. The number of nitrogens with two attached hydrogens (primary N) is 1. The maximum absolute atomic E-state index is 10.2. The first-order valence-electron chi connectivity index (χ1n) is 12.1. The van der Waals surface area contributed by atoms with E-state index in [2.05, 4.69) is 6.92 Å². The molecule has 0 aliphatic rings. The van der Waals surface area contributed by atoms with Crippen LogP contribution in [-0.4, -0.2) is 98.9 Å². The highest BCUT2D eigenvalue weighted by Crippen LogP contribution is 2.10. The topological polar surface area (TPSA) is 202 Å². The van der Waals surface area contributed by atoms with Crippen LogP contribution in [-0.2, 0) is 14.4 Å². The van der Waals surface area contributed by atoms with Crippen molar-refractivity contribution in [2.24, 2.45) is 5.73 Å². The van der Waals surface area contributed by atoms with Crippen LogP contribution in [0.25, 0.3) is 0 Å². The molecule has 0 aliphatic heterocycles. The lowest BCUT2D eigenvalue weighted by molar-refractivity contribution is -0.140. The lowest BCUT2D eigenvalue weighted by atomic mass is 10.1. The number of hydrogen-bond donors (Lipinski definition) is 7. The molecule has 0 aromatic rings. The molecular weight excluding hydrogens is 448 g/mol. The van der Waals surface area contributed by atoms with E-state index in [1.165, 1.54) is 44.9 Å². The molecular formula is C23H48N2O9. The van der Waals surface area contributed by atoms with Crippen molar-refractivity contribution in [3.05, 3.63) is 0 Å². The molecule has 0 saturated heterocycles. The van der Waals surface area contributed by atoms with Gasteiger partial charge < -0.3 is 36.4 Å². The van der Waals surface area contributed by atoms with Gasteiger partial charge in [0, 0.05) is 32.5 Å². The molecule has 0 spiro atoms. The molecule has 0 rings (SSSR count). The number of carboxylic acids is 3. The highest BCUT2D eigenvalue weighted by atomic mass is 16.4. The summed E-state index contributed by atoms with van der Waals surface area (Å²) in [6.45, 7) is 3.98. The third-order valence-electron chi connectivity index (χ3n) is 4.73. The predicted octanol–water partition coefficient (Wildman–Crippen LogP) is 1.52. The molecule has 0 fully saturated rings. The second-order valence-electron chi connectivity index (χ2n) is 7.86. The van der Waals surface area contributed by atoms with Crippen LogP contribution < -0.4 is 5.73 Å². The van der Waals surface area contributed by atoms with Crippen molar-refractivity contribution in [3.63, 3.8) is 0 Å². The molecule has 0 radical (unpaired) electrons. The second kappa shape index (κ2) is 29.2. The Morgan fingerprint density at radius 2 is 1.06 bits per heavy atom. The largest absolute Gasteiger partial charge is 0.481 e. The Morgan fingerprint density at radius 1 is 0.676 bits per heavy atom. The van der Waals surface area contributed by atoms with Gasteiger partial charge in [-0.1, -0.05) is 58.3 Å². The third-order valence-corrected chi connectivity index (χ3v) is 4.73. The maximum Gasteiger partial charge on any atom is 0.320 e. The van der Waals surface area contributed by atoms with Crippen LogP contribution >= 0.6 is 0 Å². The number of aliphatic hydroxyl groups excluding tert-OH is 3. The first kappa shape index (κ1) is 36.8. The van der Waals surface area contributed by atoms with E-state index in [1.54, 1.807) is 4.90 Å². The number of rotatable bonds is 20. The fourth-order valence-electron chi connectivity index (χ4n) is 2.75. The van der Waals surface area contributed by atoms with Crippen LogP contribution in [0.5, 0.6) is 0 Å². The first-order chi connectivity index (χ1) is 16.2. The van der Waals surface area contributed by atoms with Crippen molar-refractivity contribution < 1.29 is 45.0 Å².